The fraction of sp³-hybridized carbons (Fsp3) is 0.429. The standard InChI is InChI=1S/C14H20N2O4/c1-3-6-12(13(17)18)16-14(19)15-11-8-5-4-7-10(11)9-20-2/h4-5,7-8,12H,3,6,9H2,1-2H3,(H,17,18)(H2,15,16,19)/t12-/m1/s1. The van der Waals surface area contributed by atoms with Crippen molar-refractivity contribution in [2.45, 2.75) is 32.4 Å². The van der Waals surface area contributed by atoms with E-state index in [1.165, 1.54) is 0 Å². The molecule has 0 saturated carbocycles. The van der Waals surface area contributed by atoms with Gasteiger partial charge in [-0.1, -0.05) is 31.5 Å². The number of carbonyl (C=O) groups excluding carboxylic acids is 1. The number of ether oxygens (including phenoxy) is 1. The number of hydrogen-bond donors (Lipinski definition) is 3. The molecule has 20 heavy (non-hydrogen) atoms. The molecule has 0 bridgehead atoms. The van der Waals surface area contributed by atoms with Crippen molar-refractivity contribution in [1.29, 1.82) is 0 Å². The number of hydrogen-bond acceptors (Lipinski definition) is 3. The Balaban J connectivity index is 2.68. The molecule has 2 amide bonds. The molecular formula is C14H20N2O4. The highest BCUT2D eigenvalue weighted by molar-refractivity contribution is 5.92. The lowest BCUT2D eigenvalue weighted by Crippen LogP contribution is -2.43. The summed E-state index contributed by atoms with van der Waals surface area (Å²) in [5.41, 5.74) is 1.43. The number of aliphatic carboxylic acids is 1. The van der Waals surface area contributed by atoms with Gasteiger partial charge in [-0.05, 0) is 12.5 Å². The summed E-state index contributed by atoms with van der Waals surface area (Å²) in [7, 11) is 1.57. The summed E-state index contributed by atoms with van der Waals surface area (Å²) in [6.07, 6.45) is 1.07. The molecule has 0 aliphatic rings. The summed E-state index contributed by atoms with van der Waals surface area (Å²) >= 11 is 0. The van der Waals surface area contributed by atoms with Gasteiger partial charge in [-0.25, -0.2) is 9.59 Å². The molecule has 1 aromatic rings. The predicted octanol–water partition coefficient (Wildman–Crippen LogP) is 2.21. The fourth-order valence-corrected chi connectivity index (χ4v) is 1.79. The molecule has 0 aromatic heterocycles. The molecule has 6 nitrogen and oxygen atoms in total. The number of para-hydroxylation sites is 1. The Kier molecular flexibility index (Phi) is 6.52. The molecule has 0 unspecified atom stereocenters. The maximum atomic E-state index is 11.8. The highest BCUT2D eigenvalue weighted by Crippen LogP contribution is 2.15. The minimum atomic E-state index is -1.04. The molecule has 3 N–H and O–H groups in total. The minimum absolute atomic E-state index is 0.369. The van der Waals surface area contributed by atoms with E-state index >= 15 is 0 Å². The summed E-state index contributed by atoms with van der Waals surface area (Å²) in [6.45, 7) is 2.23. The molecule has 6 heteroatoms. The largest absolute Gasteiger partial charge is 0.480 e. The zero-order chi connectivity index (χ0) is 15.0. The molecule has 1 rings (SSSR count). The van der Waals surface area contributed by atoms with Gasteiger partial charge >= 0.3 is 12.0 Å². The monoisotopic (exact) mass is 280 g/mol. The van der Waals surface area contributed by atoms with Crippen molar-refractivity contribution in [2.75, 3.05) is 12.4 Å². The van der Waals surface area contributed by atoms with Crippen LogP contribution in [0.1, 0.15) is 25.3 Å². The van der Waals surface area contributed by atoms with Crippen LogP contribution in [0.3, 0.4) is 0 Å². The predicted molar refractivity (Wildman–Crippen MR) is 75.6 cm³/mol. The fourth-order valence-electron chi connectivity index (χ4n) is 1.79. The Morgan fingerprint density at radius 2 is 2.05 bits per heavy atom. The number of carboxylic acids is 1. The molecule has 0 radical (unpaired) electrons. The Morgan fingerprint density at radius 1 is 1.35 bits per heavy atom. The number of amides is 2. The first-order valence-corrected chi connectivity index (χ1v) is 6.45. The summed E-state index contributed by atoms with van der Waals surface area (Å²) < 4.78 is 5.04. The third-order valence-corrected chi connectivity index (χ3v) is 2.75. The molecule has 0 fully saturated rings. The highest BCUT2D eigenvalue weighted by Gasteiger charge is 2.19. The molecular weight excluding hydrogens is 260 g/mol. The number of anilines is 1. The average Bonchev–Trinajstić information content (AvgIpc) is 2.40. The Hall–Kier alpha value is -2.08. The van der Waals surface area contributed by atoms with Crippen LogP contribution in [0.15, 0.2) is 24.3 Å². The minimum Gasteiger partial charge on any atom is -0.480 e. The van der Waals surface area contributed by atoms with Gasteiger partial charge in [-0.3, -0.25) is 0 Å². The highest BCUT2D eigenvalue weighted by atomic mass is 16.5. The Morgan fingerprint density at radius 3 is 2.65 bits per heavy atom. The smallest absolute Gasteiger partial charge is 0.326 e. The first kappa shape index (κ1) is 16.0. The molecule has 1 atom stereocenters. The lowest BCUT2D eigenvalue weighted by atomic mass is 10.1. The Labute approximate surface area is 118 Å². The summed E-state index contributed by atoms with van der Waals surface area (Å²) in [4.78, 5) is 22.8. The lowest BCUT2D eigenvalue weighted by molar-refractivity contribution is -0.139. The SMILES string of the molecule is CCC[C@@H](NC(=O)Nc1ccccc1COC)C(=O)O. The number of methoxy groups -OCH3 is 1. The van der Waals surface area contributed by atoms with Gasteiger partial charge in [0.2, 0.25) is 0 Å². The number of nitrogens with one attached hydrogen (secondary N) is 2. The molecule has 0 saturated heterocycles. The number of carboxylic acid groups (broad SMARTS) is 1. The van der Waals surface area contributed by atoms with E-state index in [9.17, 15) is 9.59 Å². The van der Waals surface area contributed by atoms with Crippen LogP contribution in [0.4, 0.5) is 10.5 Å². The first-order chi connectivity index (χ1) is 9.58. The normalized spacial score (nSPS) is 11.7. The molecule has 0 aliphatic carbocycles. The zero-order valence-electron chi connectivity index (χ0n) is 11.7. The van der Waals surface area contributed by atoms with Crippen molar-refractivity contribution < 1.29 is 19.4 Å². The van der Waals surface area contributed by atoms with Gasteiger partial charge in [-0.2, -0.15) is 0 Å². The Bertz CT molecular complexity index is 462. The van der Waals surface area contributed by atoms with Gasteiger partial charge in [0, 0.05) is 18.4 Å². The maximum Gasteiger partial charge on any atom is 0.326 e. The number of rotatable bonds is 7. The van der Waals surface area contributed by atoms with Gasteiger partial charge in [0.25, 0.3) is 0 Å². The molecule has 110 valence electrons. The second-order valence-corrected chi connectivity index (χ2v) is 4.37. The van der Waals surface area contributed by atoms with Crippen molar-refractivity contribution in [2.24, 2.45) is 0 Å². The van der Waals surface area contributed by atoms with Gasteiger partial charge in [0.05, 0.1) is 6.61 Å². The molecule has 0 aliphatic heterocycles. The summed E-state index contributed by atoms with van der Waals surface area (Å²) in [5, 5.41) is 14.1. The van der Waals surface area contributed by atoms with Crippen LogP contribution in [-0.4, -0.2) is 30.3 Å². The summed E-state index contributed by atoms with van der Waals surface area (Å²) in [6, 6.07) is 5.79. The van der Waals surface area contributed by atoms with E-state index in [1.54, 1.807) is 19.2 Å². The molecule has 0 spiro atoms. The van der Waals surface area contributed by atoms with Gasteiger partial charge in [0.15, 0.2) is 0 Å². The van der Waals surface area contributed by atoms with Crippen LogP contribution in [-0.2, 0) is 16.1 Å². The van der Waals surface area contributed by atoms with Crippen molar-refractivity contribution in [3.63, 3.8) is 0 Å². The number of benzene rings is 1. The van der Waals surface area contributed by atoms with E-state index in [0.29, 0.717) is 25.1 Å². The van der Waals surface area contributed by atoms with Crippen LogP contribution in [0.2, 0.25) is 0 Å². The topological polar surface area (TPSA) is 87.7 Å². The third-order valence-electron chi connectivity index (χ3n) is 2.75. The van der Waals surface area contributed by atoms with Crippen molar-refractivity contribution >= 4 is 17.7 Å². The van der Waals surface area contributed by atoms with Crippen LogP contribution in [0.25, 0.3) is 0 Å². The van der Waals surface area contributed by atoms with Crippen molar-refractivity contribution in [1.82, 2.24) is 5.32 Å². The van der Waals surface area contributed by atoms with Gasteiger partial charge in [-0.15, -0.1) is 0 Å². The van der Waals surface area contributed by atoms with E-state index in [0.717, 1.165) is 5.56 Å². The quantitative estimate of drug-likeness (QED) is 0.714. The maximum absolute atomic E-state index is 11.8. The number of urea groups is 1. The van der Waals surface area contributed by atoms with Crippen LogP contribution in [0, 0.1) is 0 Å². The van der Waals surface area contributed by atoms with E-state index in [1.807, 2.05) is 19.1 Å². The van der Waals surface area contributed by atoms with E-state index < -0.39 is 18.0 Å². The lowest BCUT2D eigenvalue weighted by Gasteiger charge is -2.15. The van der Waals surface area contributed by atoms with Gasteiger partial charge < -0.3 is 20.5 Å². The van der Waals surface area contributed by atoms with Crippen LogP contribution >= 0.6 is 0 Å². The van der Waals surface area contributed by atoms with Crippen molar-refractivity contribution in [3.8, 4) is 0 Å². The van der Waals surface area contributed by atoms with Gasteiger partial charge in [0.1, 0.15) is 6.04 Å². The van der Waals surface area contributed by atoms with E-state index in [-0.39, 0.29) is 0 Å². The molecule has 1 aromatic carbocycles. The average molecular weight is 280 g/mol. The van der Waals surface area contributed by atoms with E-state index in [4.69, 9.17) is 9.84 Å². The molecule has 0 heterocycles. The first-order valence-electron chi connectivity index (χ1n) is 6.45. The zero-order valence-corrected chi connectivity index (χ0v) is 11.7. The van der Waals surface area contributed by atoms with E-state index in [2.05, 4.69) is 10.6 Å². The summed E-state index contributed by atoms with van der Waals surface area (Å²) in [5.74, 6) is -1.04. The third kappa shape index (κ3) is 4.89. The van der Waals surface area contributed by atoms with Crippen molar-refractivity contribution in [3.05, 3.63) is 29.8 Å². The second-order valence-electron chi connectivity index (χ2n) is 4.37. The van der Waals surface area contributed by atoms with Crippen LogP contribution < -0.4 is 10.6 Å². The number of carbonyl (C=O) groups is 2. The van der Waals surface area contributed by atoms with Crippen LogP contribution in [0.5, 0.6) is 0 Å². The second kappa shape index (κ2) is 8.16.